The summed E-state index contributed by atoms with van der Waals surface area (Å²) in [4.78, 5) is 2.64. The Balaban J connectivity index is 1.61. The number of nitrogens with one attached hydrogen (secondary N) is 1. The first-order chi connectivity index (χ1) is 8.25. The highest BCUT2D eigenvalue weighted by molar-refractivity contribution is 4.76. The van der Waals surface area contributed by atoms with Gasteiger partial charge in [0.25, 0.3) is 0 Å². The van der Waals surface area contributed by atoms with Crippen LogP contribution in [-0.2, 0) is 0 Å². The summed E-state index contributed by atoms with van der Waals surface area (Å²) in [5, 5.41) is 3.43. The van der Waals surface area contributed by atoms with Crippen LogP contribution in [0.2, 0.25) is 0 Å². The number of nitrogens with zero attached hydrogens (tertiary/aromatic N) is 1. The van der Waals surface area contributed by atoms with Crippen molar-refractivity contribution >= 4 is 0 Å². The van der Waals surface area contributed by atoms with Gasteiger partial charge in [-0.25, -0.2) is 0 Å². The molecule has 1 N–H and O–H groups in total. The van der Waals surface area contributed by atoms with E-state index in [-0.39, 0.29) is 0 Å². The summed E-state index contributed by atoms with van der Waals surface area (Å²) >= 11 is 0. The van der Waals surface area contributed by atoms with Gasteiger partial charge >= 0.3 is 0 Å². The average molecular weight is 238 g/mol. The predicted octanol–water partition coefficient (Wildman–Crippen LogP) is 2.74. The van der Waals surface area contributed by atoms with E-state index in [0.717, 1.165) is 17.8 Å². The van der Waals surface area contributed by atoms with Gasteiger partial charge in [0, 0.05) is 26.2 Å². The molecule has 0 bridgehead atoms. The molecule has 0 atom stereocenters. The van der Waals surface area contributed by atoms with Gasteiger partial charge in [0.2, 0.25) is 0 Å². The lowest BCUT2D eigenvalue weighted by Crippen LogP contribution is -2.44. The molecule has 2 fully saturated rings. The summed E-state index contributed by atoms with van der Waals surface area (Å²) in [6.07, 6.45) is 7.42. The Hall–Kier alpha value is -0.0800. The van der Waals surface area contributed by atoms with Gasteiger partial charge < -0.3 is 10.2 Å². The molecule has 0 aromatic carbocycles. The third-order valence-corrected chi connectivity index (χ3v) is 4.90. The highest BCUT2D eigenvalue weighted by atomic mass is 15.2. The van der Waals surface area contributed by atoms with E-state index in [9.17, 15) is 0 Å². The van der Waals surface area contributed by atoms with E-state index in [0.29, 0.717) is 0 Å². The van der Waals surface area contributed by atoms with Gasteiger partial charge in [-0.2, -0.15) is 0 Å². The molecule has 2 aliphatic rings. The van der Waals surface area contributed by atoms with Crippen LogP contribution in [0.5, 0.6) is 0 Å². The first-order valence-corrected chi connectivity index (χ1v) is 7.69. The van der Waals surface area contributed by atoms with Crippen molar-refractivity contribution in [2.24, 2.45) is 17.8 Å². The Bertz CT molecular complexity index is 201. The molecule has 2 heteroatoms. The van der Waals surface area contributed by atoms with E-state index in [2.05, 4.69) is 24.1 Å². The summed E-state index contributed by atoms with van der Waals surface area (Å²) in [7, 11) is 0. The fourth-order valence-corrected chi connectivity index (χ4v) is 3.44. The molecule has 17 heavy (non-hydrogen) atoms. The monoisotopic (exact) mass is 238 g/mol. The topological polar surface area (TPSA) is 15.3 Å². The van der Waals surface area contributed by atoms with E-state index in [1.54, 1.807) is 0 Å². The molecule has 1 heterocycles. The molecule has 1 saturated carbocycles. The first-order valence-electron chi connectivity index (χ1n) is 7.69. The van der Waals surface area contributed by atoms with E-state index in [4.69, 9.17) is 0 Å². The van der Waals surface area contributed by atoms with Crippen molar-refractivity contribution in [2.45, 2.75) is 46.0 Å². The number of rotatable bonds is 4. The Morgan fingerprint density at radius 3 is 2.29 bits per heavy atom. The van der Waals surface area contributed by atoms with Gasteiger partial charge in [-0.15, -0.1) is 0 Å². The Kier molecular flexibility index (Phi) is 5.30. The second-order valence-corrected chi connectivity index (χ2v) is 6.41. The molecule has 2 rings (SSSR count). The van der Waals surface area contributed by atoms with Crippen molar-refractivity contribution in [3.05, 3.63) is 0 Å². The normalized spacial score (nSPS) is 31.9. The van der Waals surface area contributed by atoms with Gasteiger partial charge in [0.15, 0.2) is 0 Å². The van der Waals surface area contributed by atoms with Crippen LogP contribution >= 0.6 is 0 Å². The lowest BCUT2D eigenvalue weighted by molar-refractivity contribution is 0.180. The summed E-state index contributed by atoms with van der Waals surface area (Å²) < 4.78 is 0. The Labute approximate surface area is 107 Å². The molecular weight excluding hydrogens is 208 g/mol. The minimum Gasteiger partial charge on any atom is -0.314 e. The lowest BCUT2D eigenvalue weighted by atomic mass is 9.76. The molecule has 0 unspecified atom stereocenters. The summed E-state index contributed by atoms with van der Waals surface area (Å²) in [5.74, 6) is 2.95. The maximum atomic E-state index is 3.43. The molecule has 0 amide bonds. The zero-order valence-corrected chi connectivity index (χ0v) is 11.8. The quantitative estimate of drug-likeness (QED) is 0.810. The Morgan fingerprint density at radius 2 is 1.71 bits per heavy atom. The molecular formula is C15H30N2. The SMILES string of the molecule is CC(C)C1CCC(CCN2CCNCC2)CC1. The van der Waals surface area contributed by atoms with Gasteiger partial charge in [-0.05, 0) is 43.6 Å². The lowest BCUT2D eigenvalue weighted by Gasteiger charge is -2.33. The smallest absolute Gasteiger partial charge is 0.0107 e. The van der Waals surface area contributed by atoms with Crippen molar-refractivity contribution in [3.8, 4) is 0 Å². The number of hydrogen-bond donors (Lipinski definition) is 1. The minimum absolute atomic E-state index is 0.907. The van der Waals surface area contributed by atoms with Crippen LogP contribution in [0.15, 0.2) is 0 Å². The maximum Gasteiger partial charge on any atom is 0.0107 e. The Morgan fingerprint density at radius 1 is 1.06 bits per heavy atom. The molecule has 1 aliphatic heterocycles. The highest BCUT2D eigenvalue weighted by Crippen LogP contribution is 2.34. The van der Waals surface area contributed by atoms with Crippen molar-refractivity contribution < 1.29 is 0 Å². The molecule has 0 aromatic heterocycles. The van der Waals surface area contributed by atoms with Crippen LogP contribution in [0.1, 0.15) is 46.0 Å². The minimum atomic E-state index is 0.907. The molecule has 100 valence electrons. The van der Waals surface area contributed by atoms with Gasteiger partial charge in [0.05, 0.1) is 0 Å². The van der Waals surface area contributed by atoms with Crippen LogP contribution in [0.4, 0.5) is 0 Å². The maximum absolute atomic E-state index is 3.43. The predicted molar refractivity (Wildman–Crippen MR) is 74.2 cm³/mol. The van der Waals surface area contributed by atoms with E-state index >= 15 is 0 Å². The summed E-state index contributed by atoms with van der Waals surface area (Å²) in [6, 6.07) is 0. The largest absolute Gasteiger partial charge is 0.314 e. The summed E-state index contributed by atoms with van der Waals surface area (Å²) in [5.41, 5.74) is 0. The summed E-state index contributed by atoms with van der Waals surface area (Å²) in [6.45, 7) is 11.1. The fraction of sp³-hybridized carbons (Fsp3) is 1.00. The third-order valence-electron chi connectivity index (χ3n) is 4.90. The molecule has 1 aliphatic carbocycles. The van der Waals surface area contributed by atoms with Gasteiger partial charge in [-0.3, -0.25) is 0 Å². The first kappa shape index (κ1) is 13.4. The van der Waals surface area contributed by atoms with E-state index in [1.165, 1.54) is 64.8 Å². The van der Waals surface area contributed by atoms with Crippen LogP contribution in [0.3, 0.4) is 0 Å². The van der Waals surface area contributed by atoms with Crippen molar-refractivity contribution in [1.29, 1.82) is 0 Å². The molecule has 1 saturated heterocycles. The van der Waals surface area contributed by atoms with Crippen LogP contribution in [0.25, 0.3) is 0 Å². The highest BCUT2D eigenvalue weighted by Gasteiger charge is 2.23. The van der Waals surface area contributed by atoms with Crippen LogP contribution in [0, 0.1) is 17.8 Å². The van der Waals surface area contributed by atoms with Crippen LogP contribution in [-0.4, -0.2) is 37.6 Å². The van der Waals surface area contributed by atoms with E-state index < -0.39 is 0 Å². The van der Waals surface area contributed by atoms with Gasteiger partial charge in [0.1, 0.15) is 0 Å². The second-order valence-electron chi connectivity index (χ2n) is 6.41. The second kappa shape index (κ2) is 6.75. The molecule has 0 spiro atoms. The number of piperazine rings is 1. The third kappa shape index (κ3) is 4.26. The van der Waals surface area contributed by atoms with E-state index in [1.807, 2.05) is 0 Å². The molecule has 0 aromatic rings. The zero-order valence-electron chi connectivity index (χ0n) is 11.8. The fourth-order valence-electron chi connectivity index (χ4n) is 3.44. The number of hydrogen-bond acceptors (Lipinski definition) is 2. The van der Waals surface area contributed by atoms with Gasteiger partial charge in [-0.1, -0.05) is 26.7 Å². The van der Waals surface area contributed by atoms with Crippen LogP contribution < -0.4 is 5.32 Å². The zero-order chi connectivity index (χ0) is 12.1. The molecule has 0 radical (unpaired) electrons. The van der Waals surface area contributed by atoms with Crippen molar-refractivity contribution in [3.63, 3.8) is 0 Å². The van der Waals surface area contributed by atoms with Crippen molar-refractivity contribution in [2.75, 3.05) is 32.7 Å². The van der Waals surface area contributed by atoms with Crippen molar-refractivity contribution in [1.82, 2.24) is 10.2 Å². The standard InChI is InChI=1S/C15H30N2/c1-13(2)15-5-3-14(4-6-15)7-10-17-11-8-16-9-12-17/h13-16H,3-12H2,1-2H3. The average Bonchev–Trinajstić information content (AvgIpc) is 2.38. The molecule has 2 nitrogen and oxygen atoms in total.